The molecule has 0 unspecified atom stereocenters. The molecule has 2 N–H and O–H groups in total. The normalized spacial score (nSPS) is 11.1. The molecule has 0 aliphatic carbocycles. The van der Waals surface area contributed by atoms with Crippen molar-refractivity contribution in [2.45, 2.75) is 19.8 Å². The monoisotopic (exact) mass is 512 g/mol. The summed E-state index contributed by atoms with van der Waals surface area (Å²) in [6.45, 7) is 3.00. The lowest BCUT2D eigenvalue weighted by molar-refractivity contribution is 0.0952. The molecule has 0 aliphatic rings. The molecular weight excluding hydrogens is 487 g/mol. The summed E-state index contributed by atoms with van der Waals surface area (Å²) in [5.41, 5.74) is 5.31. The molecule has 0 atom stereocenters. The average molecular weight is 513 g/mol. The first kappa shape index (κ1) is 24.6. The van der Waals surface area contributed by atoms with Gasteiger partial charge in [-0.15, -0.1) is 0 Å². The van der Waals surface area contributed by atoms with Gasteiger partial charge in [0.25, 0.3) is 5.91 Å². The number of nitrogens with zero attached hydrogens (tertiary/aromatic N) is 4. The number of carbonyl (C=O) groups is 1. The highest BCUT2D eigenvalue weighted by atomic mass is 35.5. The first-order valence-electron chi connectivity index (χ1n) is 12.2. The fourth-order valence-electron chi connectivity index (χ4n) is 4.19. The number of hydrogen-bond donors (Lipinski definition) is 2. The zero-order valence-electron chi connectivity index (χ0n) is 20.7. The number of unbranched alkanes of at least 4 members (excludes halogenated alkanes) is 1. The van der Waals surface area contributed by atoms with Crippen molar-refractivity contribution in [3.8, 4) is 22.5 Å². The van der Waals surface area contributed by atoms with E-state index in [-0.39, 0.29) is 5.91 Å². The molecule has 186 valence electrons. The molecule has 1 amide bonds. The van der Waals surface area contributed by atoms with Crippen LogP contribution in [0.3, 0.4) is 0 Å². The van der Waals surface area contributed by atoms with Crippen molar-refractivity contribution in [2.24, 2.45) is 0 Å². The predicted molar refractivity (Wildman–Crippen MR) is 148 cm³/mol. The molecule has 10 heteroatoms. The summed E-state index contributed by atoms with van der Waals surface area (Å²) in [5.74, 6) is 1.16. The molecule has 0 saturated heterocycles. The Labute approximate surface area is 220 Å². The van der Waals surface area contributed by atoms with E-state index in [2.05, 4.69) is 20.9 Å². The minimum absolute atomic E-state index is 0.183. The number of anilines is 1. The van der Waals surface area contributed by atoms with Gasteiger partial charge in [-0.25, -0.2) is 4.98 Å². The Morgan fingerprint density at radius 3 is 2.65 bits per heavy atom. The lowest BCUT2D eigenvalue weighted by atomic mass is 10.0. The Hall–Kier alpha value is -4.11. The van der Waals surface area contributed by atoms with Crippen molar-refractivity contribution >= 4 is 42.3 Å². The van der Waals surface area contributed by atoms with Gasteiger partial charge in [0.1, 0.15) is 30.7 Å². The van der Waals surface area contributed by atoms with E-state index in [0.29, 0.717) is 35.1 Å². The third-order valence-electron chi connectivity index (χ3n) is 6.13. The number of hydrogen-bond acceptors (Lipinski definition) is 6. The molecule has 0 fully saturated rings. The highest BCUT2D eigenvalue weighted by molar-refractivity contribution is 6.36. The van der Waals surface area contributed by atoms with Crippen molar-refractivity contribution in [1.82, 2.24) is 25.1 Å². The molecule has 8 nitrogen and oxygen atoms in total. The summed E-state index contributed by atoms with van der Waals surface area (Å²) in [7, 11) is 1.98. The van der Waals surface area contributed by atoms with Crippen LogP contribution in [0.5, 0.6) is 0 Å². The lowest BCUT2D eigenvalue weighted by Crippen LogP contribution is -2.25. The van der Waals surface area contributed by atoms with E-state index >= 15 is 0 Å². The second-order valence-electron chi connectivity index (χ2n) is 8.79. The van der Waals surface area contributed by atoms with Gasteiger partial charge in [-0.3, -0.25) is 4.79 Å². The van der Waals surface area contributed by atoms with Gasteiger partial charge in [0.05, 0.1) is 5.69 Å². The summed E-state index contributed by atoms with van der Waals surface area (Å²) in [6, 6.07) is 19.2. The second kappa shape index (κ2) is 10.9. The largest absolute Gasteiger partial charge is 0.370 e. The number of aryl methyl sites for hydroxylation is 1. The first-order valence-corrected chi connectivity index (χ1v) is 12.5. The minimum atomic E-state index is -0.183. The maximum absolute atomic E-state index is 12.9. The van der Waals surface area contributed by atoms with Gasteiger partial charge < -0.3 is 15.2 Å². The highest BCUT2D eigenvalue weighted by Gasteiger charge is 2.21. The first-order chi connectivity index (χ1) is 18.0. The van der Waals surface area contributed by atoms with E-state index in [9.17, 15) is 4.79 Å². The maximum atomic E-state index is 12.9. The molecule has 3 heterocycles. The molecule has 0 bridgehead atoms. The van der Waals surface area contributed by atoms with Crippen LogP contribution in [0.2, 0.25) is 5.02 Å². The second-order valence-corrected chi connectivity index (χ2v) is 9.19. The van der Waals surface area contributed by atoms with Gasteiger partial charge in [0, 0.05) is 41.5 Å². The van der Waals surface area contributed by atoms with Gasteiger partial charge in [-0.1, -0.05) is 65.3 Å². The van der Waals surface area contributed by atoms with Crippen LogP contribution < -0.4 is 16.1 Å². The molecular formula is C27H26BClN6O2. The molecule has 0 saturated carbocycles. The number of fused-ring (bicyclic) bond motifs is 1. The minimum Gasteiger partial charge on any atom is -0.370 e. The van der Waals surface area contributed by atoms with Gasteiger partial charge >= 0.3 is 0 Å². The van der Waals surface area contributed by atoms with Crippen molar-refractivity contribution < 1.29 is 9.32 Å². The van der Waals surface area contributed by atoms with E-state index in [0.717, 1.165) is 46.6 Å². The summed E-state index contributed by atoms with van der Waals surface area (Å²) in [6.07, 6.45) is 3.45. The highest BCUT2D eigenvalue weighted by Crippen LogP contribution is 2.28. The van der Waals surface area contributed by atoms with Crippen LogP contribution in [-0.2, 0) is 0 Å². The fourth-order valence-corrected chi connectivity index (χ4v) is 4.43. The zero-order chi connectivity index (χ0) is 25.8. The van der Waals surface area contributed by atoms with Crippen LogP contribution in [0, 0.1) is 6.92 Å². The number of benzene rings is 2. The SMILES string of the molecule is Bc1cnn2c(NCCCCNC(=O)c3c(-c4ccccc4)noc3C)cc(-c3ccccc3Cl)nc12. The van der Waals surface area contributed by atoms with Gasteiger partial charge in [0.15, 0.2) is 5.65 Å². The fraction of sp³-hybridized carbons (Fsp3) is 0.185. The van der Waals surface area contributed by atoms with Crippen molar-refractivity contribution in [1.29, 1.82) is 0 Å². The number of halogens is 1. The molecule has 0 spiro atoms. The van der Waals surface area contributed by atoms with Crippen LogP contribution in [0.1, 0.15) is 29.0 Å². The number of nitrogens with one attached hydrogen (secondary N) is 2. The van der Waals surface area contributed by atoms with E-state index in [1.54, 1.807) is 17.6 Å². The zero-order valence-corrected chi connectivity index (χ0v) is 21.4. The Kier molecular flexibility index (Phi) is 7.23. The smallest absolute Gasteiger partial charge is 0.257 e. The summed E-state index contributed by atoms with van der Waals surface area (Å²) in [4.78, 5) is 17.6. The number of carbonyl (C=O) groups excluding carboxylic acids is 1. The number of aromatic nitrogens is 4. The van der Waals surface area contributed by atoms with Crippen LogP contribution in [0.15, 0.2) is 71.4 Å². The van der Waals surface area contributed by atoms with Crippen LogP contribution in [0.25, 0.3) is 28.2 Å². The lowest BCUT2D eigenvalue weighted by Gasteiger charge is -2.12. The molecule has 0 aliphatic heterocycles. The van der Waals surface area contributed by atoms with E-state index in [1.165, 1.54) is 0 Å². The van der Waals surface area contributed by atoms with Crippen molar-refractivity contribution in [3.05, 3.63) is 83.2 Å². The average Bonchev–Trinajstić information content (AvgIpc) is 3.49. The summed E-state index contributed by atoms with van der Waals surface area (Å²) >= 11 is 6.43. The number of rotatable bonds is 9. The topological polar surface area (TPSA) is 97.3 Å². The molecule has 5 rings (SSSR count). The molecule has 5 aromatic rings. The summed E-state index contributed by atoms with van der Waals surface area (Å²) in [5, 5.41) is 15.7. The quantitative estimate of drug-likeness (QED) is 0.230. The maximum Gasteiger partial charge on any atom is 0.257 e. The third kappa shape index (κ3) is 5.22. The van der Waals surface area contributed by atoms with Gasteiger partial charge in [0.2, 0.25) is 0 Å². The third-order valence-corrected chi connectivity index (χ3v) is 6.46. The Balaban J connectivity index is 1.20. The summed E-state index contributed by atoms with van der Waals surface area (Å²) < 4.78 is 7.11. The van der Waals surface area contributed by atoms with Crippen LogP contribution in [-0.4, -0.2) is 46.6 Å². The van der Waals surface area contributed by atoms with Gasteiger partial charge in [-0.05, 0) is 31.3 Å². The Morgan fingerprint density at radius 2 is 1.84 bits per heavy atom. The van der Waals surface area contributed by atoms with Crippen LogP contribution in [0.4, 0.5) is 5.82 Å². The van der Waals surface area contributed by atoms with E-state index < -0.39 is 0 Å². The number of amides is 1. The van der Waals surface area contributed by atoms with E-state index in [4.69, 9.17) is 21.1 Å². The Morgan fingerprint density at radius 1 is 1.08 bits per heavy atom. The van der Waals surface area contributed by atoms with Crippen molar-refractivity contribution in [3.63, 3.8) is 0 Å². The van der Waals surface area contributed by atoms with Crippen molar-refractivity contribution in [2.75, 3.05) is 18.4 Å². The van der Waals surface area contributed by atoms with Gasteiger partial charge in [-0.2, -0.15) is 9.61 Å². The molecule has 3 aromatic heterocycles. The standard InChI is InChI=1S/C27H26BClN6O2/c1-17-24(25(34-37-17)18-9-3-2-4-10-18)27(36)31-14-8-7-13-30-23-15-22(19-11-5-6-12-21(19)29)33-26-20(28)16-32-35(23)26/h2-6,9-12,15-16,30H,7-8,13-14,28H2,1H3,(H,31,36). The van der Waals surface area contributed by atoms with Crippen LogP contribution >= 0.6 is 11.6 Å². The molecule has 0 radical (unpaired) electrons. The predicted octanol–water partition coefficient (Wildman–Crippen LogP) is 3.89. The molecule has 2 aromatic carbocycles. The van der Waals surface area contributed by atoms with E-state index in [1.807, 2.05) is 68.5 Å². The Bertz CT molecular complexity index is 1550. The molecule has 37 heavy (non-hydrogen) atoms.